The van der Waals surface area contributed by atoms with E-state index in [2.05, 4.69) is 6.58 Å². The molecule has 2 aliphatic carbocycles. The largest absolute Gasteiger partial charge is 0.430 e. The molecule has 0 amide bonds. The highest BCUT2D eigenvalue weighted by Gasteiger charge is 2.39. The average Bonchev–Trinajstić information content (AvgIpc) is 2.64. The van der Waals surface area contributed by atoms with Crippen molar-refractivity contribution in [3.05, 3.63) is 12.2 Å². The molecule has 7 heteroatoms. The van der Waals surface area contributed by atoms with Gasteiger partial charge in [0.2, 0.25) is 6.29 Å². The Balaban J connectivity index is 0.000000292. The molecule has 0 spiro atoms. The summed E-state index contributed by atoms with van der Waals surface area (Å²) in [5.74, 6) is -2.91. The van der Waals surface area contributed by atoms with Gasteiger partial charge in [0.15, 0.2) is 11.6 Å². The zero-order valence-corrected chi connectivity index (χ0v) is 17.0. The molecule has 2 atom stereocenters. The van der Waals surface area contributed by atoms with E-state index < -0.39 is 29.9 Å². The Hall–Kier alpha value is -0.990. The molecule has 0 aromatic heterocycles. The summed E-state index contributed by atoms with van der Waals surface area (Å²) in [4.78, 5) is 11.6. The predicted molar refractivity (Wildman–Crippen MR) is 103 cm³/mol. The van der Waals surface area contributed by atoms with Crippen LogP contribution in [-0.2, 0) is 19.0 Å². The van der Waals surface area contributed by atoms with Gasteiger partial charge >= 0.3 is 5.97 Å². The van der Waals surface area contributed by atoms with Crippen LogP contribution in [0, 0.1) is 0 Å². The van der Waals surface area contributed by atoms with Gasteiger partial charge in [-0.2, -0.15) is 0 Å². The van der Waals surface area contributed by atoms with Crippen LogP contribution < -0.4 is 0 Å². The van der Waals surface area contributed by atoms with Crippen LogP contribution in [0.25, 0.3) is 0 Å². The first-order valence-corrected chi connectivity index (χ1v) is 10.5. The van der Waals surface area contributed by atoms with E-state index in [-0.39, 0.29) is 0 Å². The molecule has 3 N–H and O–H groups in total. The number of aliphatic hydroxyl groups is 3. The van der Waals surface area contributed by atoms with E-state index in [1.54, 1.807) is 6.92 Å². The number of hydrogen-bond donors (Lipinski definition) is 3. The van der Waals surface area contributed by atoms with Gasteiger partial charge in [0, 0.05) is 31.3 Å². The Morgan fingerprint density at radius 2 is 1.54 bits per heavy atom. The lowest BCUT2D eigenvalue weighted by atomic mass is 9.94. The summed E-state index contributed by atoms with van der Waals surface area (Å²) in [7, 11) is 0. The molecule has 1 aliphatic heterocycles. The second-order valence-electron chi connectivity index (χ2n) is 8.27. The van der Waals surface area contributed by atoms with Crippen molar-refractivity contribution in [1.29, 1.82) is 0 Å². The van der Waals surface area contributed by atoms with Crippen molar-refractivity contribution in [2.24, 2.45) is 0 Å². The summed E-state index contributed by atoms with van der Waals surface area (Å²) >= 11 is 0. The van der Waals surface area contributed by atoms with Crippen molar-refractivity contribution in [2.45, 2.75) is 108 Å². The smallest absolute Gasteiger partial charge is 0.335 e. The van der Waals surface area contributed by atoms with Crippen LogP contribution in [0.4, 0.5) is 0 Å². The van der Waals surface area contributed by atoms with Crippen molar-refractivity contribution in [2.75, 3.05) is 6.61 Å². The van der Waals surface area contributed by atoms with Crippen molar-refractivity contribution in [3.8, 4) is 0 Å². The highest BCUT2D eigenvalue weighted by atomic mass is 16.7. The maximum absolute atomic E-state index is 11.6. The molecular weight excluding hydrogens is 364 g/mol. The van der Waals surface area contributed by atoms with Crippen LogP contribution in [0.15, 0.2) is 12.2 Å². The lowest BCUT2D eigenvalue weighted by molar-refractivity contribution is -0.303. The first kappa shape index (κ1) is 23.3. The van der Waals surface area contributed by atoms with Crippen molar-refractivity contribution in [3.63, 3.8) is 0 Å². The zero-order valence-electron chi connectivity index (χ0n) is 17.0. The molecule has 2 unspecified atom stereocenters. The molecule has 2 saturated carbocycles. The second kappa shape index (κ2) is 10.7. The predicted octanol–water partition coefficient (Wildman–Crippen LogP) is 2.91. The third kappa shape index (κ3) is 7.79. The maximum Gasteiger partial charge on any atom is 0.335 e. The van der Waals surface area contributed by atoms with Crippen molar-refractivity contribution >= 4 is 5.97 Å². The lowest BCUT2D eigenvalue weighted by Gasteiger charge is -2.39. The summed E-state index contributed by atoms with van der Waals surface area (Å²) in [6.45, 7) is 5.68. The molecular formula is C21H36O7. The average molecular weight is 401 g/mol. The van der Waals surface area contributed by atoms with Crippen LogP contribution in [-0.4, -0.2) is 51.9 Å². The van der Waals surface area contributed by atoms with Gasteiger partial charge in [-0.05, 0) is 45.4 Å². The monoisotopic (exact) mass is 400 g/mol. The molecule has 162 valence electrons. The maximum atomic E-state index is 11.6. The first-order valence-electron chi connectivity index (χ1n) is 10.5. The number of hydrogen-bond acceptors (Lipinski definition) is 7. The van der Waals surface area contributed by atoms with Gasteiger partial charge in [-0.3, -0.25) is 0 Å². The molecule has 0 radical (unpaired) electrons. The molecule has 1 saturated heterocycles. The van der Waals surface area contributed by atoms with Gasteiger partial charge < -0.3 is 29.5 Å². The Morgan fingerprint density at radius 1 is 0.964 bits per heavy atom. The molecule has 1 heterocycles. The minimum Gasteiger partial charge on any atom is -0.430 e. The van der Waals surface area contributed by atoms with Gasteiger partial charge in [0.05, 0.1) is 6.61 Å². The van der Waals surface area contributed by atoms with Gasteiger partial charge in [-0.25, -0.2) is 4.79 Å². The van der Waals surface area contributed by atoms with Crippen LogP contribution in [0.5, 0.6) is 0 Å². The summed E-state index contributed by atoms with van der Waals surface area (Å²) < 4.78 is 16.6. The van der Waals surface area contributed by atoms with Crippen LogP contribution in [0.1, 0.15) is 84.0 Å². The number of rotatable bonds is 4. The molecule has 0 aromatic rings. The van der Waals surface area contributed by atoms with Gasteiger partial charge in [-0.1, -0.05) is 19.4 Å². The Labute approximate surface area is 167 Å². The van der Waals surface area contributed by atoms with Crippen molar-refractivity contribution < 1.29 is 34.3 Å². The standard InChI is InChI=1S/C15H24O5.C6H12O2/c1-11(2)13(16)19-14-12(7-6-10-18-14)20-15(17)8-4-3-5-9-15;7-6(8)4-2-1-3-5-6/h12,14,17H,1,3-10H2,2H3;7-8H,1-5H2. The van der Waals surface area contributed by atoms with E-state index in [1.165, 1.54) is 0 Å². The number of esters is 1. The molecule has 3 fully saturated rings. The van der Waals surface area contributed by atoms with E-state index in [1.807, 2.05) is 0 Å². The van der Waals surface area contributed by atoms with Crippen LogP contribution in [0.2, 0.25) is 0 Å². The van der Waals surface area contributed by atoms with E-state index in [0.29, 0.717) is 37.9 Å². The third-order valence-corrected chi connectivity index (χ3v) is 5.45. The quantitative estimate of drug-likeness (QED) is 0.378. The van der Waals surface area contributed by atoms with Crippen LogP contribution >= 0.6 is 0 Å². The minimum absolute atomic E-state index is 0.328. The number of ether oxygens (including phenoxy) is 3. The summed E-state index contributed by atoms with van der Waals surface area (Å²) in [6.07, 6.45) is 8.91. The SMILES string of the molecule is C=C(C)C(=O)OC1OCCCC1OC1(O)CCCCC1.OC1(O)CCCCC1. The second-order valence-corrected chi connectivity index (χ2v) is 8.27. The number of carbonyl (C=O) groups is 1. The Bertz CT molecular complexity index is 503. The van der Waals surface area contributed by atoms with E-state index in [9.17, 15) is 9.90 Å². The normalized spacial score (nSPS) is 29.1. The molecule has 7 nitrogen and oxygen atoms in total. The fourth-order valence-corrected chi connectivity index (χ4v) is 3.78. The van der Waals surface area contributed by atoms with Gasteiger partial charge in [0.25, 0.3) is 0 Å². The van der Waals surface area contributed by atoms with E-state index in [4.69, 9.17) is 24.4 Å². The highest BCUT2D eigenvalue weighted by Crippen LogP contribution is 2.33. The molecule has 28 heavy (non-hydrogen) atoms. The highest BCUT2D eigenvalue weighted by molar-refractivity contribution is 5.87. The fourth-order valence-electron chi connectivity index (χ4n) is 3.78. The summed E-state index contributed by atoms with van der Waals surface area (Å²) in [6, 6.07) is 0. The minimum atomic E-state index is -1.32. The summed E-state index contributed by atoms with van der Waals surface area (Å²) in [5, 5.41) is 28.3. The summed E-state index contributed by atoms with van der Waals surface area (Å²) in [5.41, 5.74) is 0.328. The van der Waals surface area contributed by atoms with E-state index >= 15 is 0 Å². The number of carbonyl (C=O) groups excluding carboxylic acids is 1. The van der Waals surface area contributed by atoms with E-state index in [0.717, 1.165) is 51.4 Å². The van der Waals surface area contributed by atoms with Crippen LogP contribution in [0.3, 0.4) is 0 Å². The molecule has 0 bridgehead atoms. The molecule has 3 rings (SSSR count). The molecule has 0 aromatic carbocycles. The molecule has 3 aliphatic rings. The fraction of sp³-hybridized carbons (Fsp3) is 0.857. The van der Waals surface area contributed by atoms with Crippen molar-refractivity contribution in [1.82, 2.24) is 0 Å². The zero-order chi connectivity index (χ0) is 20.6. The van der Waals surface area contributed by atoms with Gasteiger partial charge in [0.1, 0.15) is 6.10 Å². The Morgan fingerprint density at radius 3 is 2.04 bits per heavy atom. The first-order chi connectivity index (χ1) is 13.2. The topological polar surface area (TPSA) is 105 Å². The Kier molecular flexibility index (Phi) is 8.89. The third-order valence-electron chi connectivity index (χ3n) is 5.45. The lowest BCUT2D eigenvalue weighted by Crippen LogP contribution is -2.47. The van der Waals surface area contributed by atoms with Gasteiger partial charge in [-0.15, -0.1) is 0 Å².